The SMILES string of the molecule is CC(=O)N[C@H]1CC[C@@]2(C)CC[C@H]([C@H](C)C(=O)NCc3ccccn3)[C@H](O)[C@H]2[C@H]1C. The molecular weight excluding hydrogens is 366 g/mol. The van der Waals surface area contributed by atoms with Gasteiger partial charge in [0, 0.05) is 25.1 Å². The minimum atomic E-state index is -0.545. The molecule has 160 valence electrons. The molecule has 0 saturated heterocycles. The van der Waals surface area contributed by atoms with Crippen LogP contribution >= 0.6 is 0 Å². The van der Waals surface area contributed by atoms with Gasteiger partial charge in [0.1, 0.15) is 0 Å². The molecule has 3 rings (SSSR count). The molecule has 3 N–H and O–H groups in total. The van der Waals surface area contributed by atoms with Gasteiger partial charge in [0.15, 0.2) is 0 Å². The standard InChI is InChI=1S/C23H35N3O3/c1-14(22(29)25-13-17-7-5-6-12-24-17)18-8-10-23(4)11-9-19(26-16(3)27)15(2)20(23)21(18)28/h5-7,12,14-15,18-21,28H,8-11,13H2,1-4H3,(H,25,29)(H,26,27)/t14-,15-,18+,19-,20+,21-,23+/m0/s1. The molecule has 1 heterocycles. The first-order valence-corrected chi connectivity index (χ1v) is 10.9. The van der Waals surface area contributed by atoms with Crippen molar-refractivity contribution in [2.75, 3.05) is 0 Å². The van der Waals surface area contributed by atoms with Crippen LogP contribution in [0.3, 0.4) is 0 Å². The third kappa shape index (κ3) is 4.63. The number of carbonyl (C=O) groups is 2. The third-order valence-corrected chi connectivity index (χ3v) is 7.50. The van der Waals surface area contributed by atoms with Gasteiger partial charge in [-0.3, -0.25) is 14.6 Å². The third-order valence-electron chi connectivity index (χ3n) is 7.50. The van der Waals surface area contributed by atoms with Crippen LogP contribution in [0.15, 0.2) is 24.4 Å². The van der Waals surface area contributed by atoms with Gasteiger partial charge in [-0.15, -0.1) is 0 Å². The summed E-state index contributed by atoms with van der Waals surface area (Å²) in [6.07, 6.45) is 4.98. The van der Waals surface area contributed by atoms with Gasteiger partial charge in [-0.25, -0.2) is 0 Å². The molecule has 0 unspecified atom stereocenters. The maximum atomic E-state index is 12.8. The molecule has 0 aliphatic heterocycles. The number of fused-ring (bicyclic) bond motifs is 1. The number of hydrogen-bond acceptors (Lipinski definition) is 4. The summed E-state index contributed by atoms with van der Waals surface area (Å²) in [6, 6.07) is 5.73. The number of hydrogen-bond donors (Lipinski definition) is 3. The second kappa shape index (κ2) is 8.82. The van der Waals surface area contributed by atoms with Crippen LogP contribution < -0.4 is 10.6 Å². The lowest BCUT2D eigenvalue weighted by molar-refractivity contribution is -0.143. The quantitative estimate of drug-likeness (QED) is 0.707. The summed E-state index contributed by atoms with van der Waals surface area (Å²) in [5.74, 6) is -0.140. The van der Waals surface area contributed by atoms with Gasteiger partial charge in [0.25, 0.3) is 0 Å². The van der Waals surface area contributed by atoms with Gasteiger partial charge in [-0.05, 0) is 61.0 Å². The van der Waals surface area contributed by atoms with E-state index in [1.807, 2.05) is 25.1 Å². The molecule has 0 aromatic carbocycles. The molecule has 0 radical (unpaired) electrons. The van der Waals surface area contributed by atoms with Crippen LogP contribution in [0.4, 0.5) is 0 Å². The van der Waals surface area contributed by atoms with Crippen LogP contribution in [0.1, 0.15) is 59.1 Å². The zero-order chi connectivity index (χ0) is 21.2. The van der Waals surface area contributed by atoms with E-state index in [0.29, 0.717) is 6.54 Å². The van der Waals surface area contributed by atoms with Crippen molar-refractivity contribution < 1.29 is 14.7 Å². The summed E-state index contributed by atoms with van der Waals surface area (Å²) in [5.41, 5.74) is 0.887. The summed E-state index contributed by atoms with van der Waals surface area (Å²) in [5, 5.41) is 17.4. The molecule has 2 saturated carbocycles. The van der Waals surface area contributed by atoms with Crippen molar-refractivity contribution >= 4 is 11.8 Å². The van der Waals surface area contributed by atoms with Crippen LogP contribution in [0.2, 0.25) is 0 Å². The van der Waals surface area contributed by atoms with E-state index >= 15 is 0 Å². The minimum absolute atomic E-state index is 0.0189. The Bertz CT molecular complexity index is 725. The molecular formula is C23H35N3O3. The van der Waals surface area contributed by atoms with E-state index in [1.165, 1.54) is 0 Å². The van der Waals surface area contributed by atoms with Gasteiger partial charge in [0.2, 0.25) is 11.8 Å². The molecule has 1 aromatic heterocycles. The van der Waals surface area contributed by atoms with Crippen molar-refractivity contribution in [2.24, 2.45) is 29.1 Å². The van der Waals surface area contributed by atoms with Crippen molar-refractivity contribution in [3.05, 3.63) is 30.1 Å². The van der Waals surface area contributed by atoms with Crippen LogP contribution in [0, 0.1) is 29.1 Å². The Morgan fingerprint density at radius 1 is 1.31 bits per heavy atom. The van der Waals surface area contributed by atoms with Crippen LogP contribution in [0.5, 0.6) is 0 Å². The van der Waals surface area contributed by atoms with E-state index in [-0.39, 0.29) is 46.9 Å². The summed E-state index contributed by atoms with van der Waals surface area (Å²) in [7, 11) is 0. The fourth-order valence-electron chi connectivity index (χ4n) is 5.79. The highest BCUT2D eigenvalue weighted by Gasteiger charge is 2.53. The maximum absolute atomic E-state index is 12.8. The molecule has 0 spiro atoms. The Balaban J connectivity index is 1.67. The van der Waals surface area contributed by atoms with Crippen molar-refractivity contribution in [1.29, 1.82) is 0 Å². The Morgan fingerprint density at radius 2 is 2.03 bits per heavy atom. The van der Waals surface area contributed by atoms with E-state index < -0.39 is 6.10 Å². The second-order valence-corrected chi connectivity index (χ2v) is 9.41. The molecule has 6 heteroatoms. The first-order chi connectivity index (χ1) is 13.7. The molecule has 2 fully saturated rings. The van der Waals surface area contributed by atoms with Crippen LogP contribution in [-0.4, -0.2) is 34.1 Å². The molecule has 6 nitrogen and oxygen atoms in total. The fourth-order valence-corrected chi connectivity index (χ4v) is 5.79. The summed E-state index contributed by atoms with van der Waals surface area (Å²) >= 11 is 0. The van der Waals surface area contributed by atoms with Gasteiger partial charge in [0.05, 0.1) is 18.3 Å². The monoisotopic (exact) mass is 401 g/mol. The summed E-state index contributed by atoms with van der Waals surface area (Å²) in [6.45, 7) is 8.27. The summed E-state index contributed by atoms with van der Waals surface area (Å²) < 4.78 is 0. The predicted octanol–water partition coefficient (Wildman–Crippen LogP) is 2.66. The number of carbonyl (C=O) groups excluding carboxylic acids is 2. The van der Waals surface area contributed by atoms with E-state index in [1.54, 1.807) is 13.1 Å². The first kappa shape index (κ1) is 21.8. The van der Waals surface area contributed by atoms with Crippen molar-refractivity contribution in [3.63, 3.8) is 0 Å². The van der Waals surface area contributed by atoms with E-state index in [4.69, 9.17) is 0 Å². The lowest BCUT2D eigenvalue weighted by Gasteiger charge is -2.56. The molecule has 7 atom stereocenters. The normalized spacial score (nSPS) is 35.3. The van der Waals surface area contributed by atoms with E-state index in [2.05, 4.69) is 29.5 Å². The average molecular weight is 402 g/mol. The number of aliphatic hydroxyl groups is 1. The minimum Gasteiger partial charge on any atom is -0.392 e. The number of aromatic nitrogens is 1. The number of nitrogens with one attached hydrogen (secondary N) is 2. The Hall–Kier alpha value is -1.95. The van der Waals surface area contributed by atoms with Crippen LogP contribution in [0.25, 0.3) is 0 Å². The topological polar surface area (TPSA) is 91.3 Å². The molecule has 1 aromatic rings. The van der Waals surface area contributed by atoms with E-state index in [9.17, 15) is 14.7 Å². The summed E-state index contributed by atoms with van der Waals surface area (Å²) in [4.78, 5) is 28.6. The smallest absolute Gasteiger partial charge is 0.223 e. The molecule has 2 aliphatic carbocycles. The van der Waals surface area contributed by atoms with Gasteiger partial charge in [-0.1, -0.05) is 26.8 Å². The highest BCUT2D eigenvalue weighted by atomic mass is 16.3. The Kier molecular flexibility index (Phi) is 6.62. The zero-order valence-corrected chi connectivity index (χ0v) is 18.0. The zero-order valence-electron chi connectivity index (χ0n) is 18.0. The van der Waals surface area contributed by atoms with Crippen LogP contribution in [-0.2, 0) is 16.1 Å². The van der Waals surface area contributed by atoms with E-state index in [0.717, 1.165) is 31.4 Å². The van der Waals surface area contributed by atoms with Crippen molar-refractivity contribution in [2.45, 2.75) is 72.1 Å². The second-order valence-electron chi connectivity index (χ2n) is 9.41. The average Bonchev–Trinajstić information content (AvgIpc) is 2.68. The number of rotatable bonds is 5. The fraction of sp³-hybridized carbons (Fsp3) is 0.696. The molecule has 2 aliphatic rings. The number of pyridine rings is 1. The maximum Gasteiger partial charge on any atom is 0.223 e. The largest absolute Gasteiger partial charge is 0.392 e. The van der Waals surface area contributed by atoms with Crippen molar-refractivity contribution in [1.82, 2.24) is 15.6 Å². The molecule has 29 heavy (non-hydrogen) atoms. The first-order valence-electron chi connectivity index (χ1n) is 10.9. The number of aliphatic hydroxyl groups excluding tert-OH is 1. The highest BCUT2D eigenvalue weighted by molar-refractivity contribution is 5.78. The van der Waals surface area contributed by atoms with Gasteiger partial charge < -0.3 is 15.7 Å². The number of nitrogens with zero attached hydrogens (tertiary/aromatic N) is 1. The van der Waals surface area contributed by atoms with Crippen molar-refractivity contribution in [3.8, 4) is 0 Å². The molecule has 0 bridgehead atoms. The lowest BCUT2D eigenvalue weighted by atomic mass is 9.51. The van der Waals surface area contributed by atoms with Gasteiger partial charge in [-0.2, -0.15) is 0 Å². The number of amides is 2. The lowest BCUT2D eigenvalue weighted by Crippen LogP contribution is -2.58. The predicted molar refractivity (Wildman–Crippen MR) is 112 cm³/mol. The van der Waals surface area contributed by atoms with Gasteiger partial charge >= 0.3 is 0 Å². The Labute approximate surface area is 173 Å². The highest BCUT2D eigenvalue weighted by Crippen LogP contribution is 2.55. The molecule has 2 amide bonds. The Morgan fingerprint density at radius 3 is 2.69 bits per heavy atom.